The number of benzene rings is 1. The third-order valence-electron chi connectivity index (χ3n) is 4.03. The first-order valence-electron chi connectivity index (χ1n) is 7.09. The summed E-state index contributed by atoms with van der Waals surface area (Å²) in [5.74, 6) is 0.205. The number of piperidine rings is 1. The number of rotatable bonds is 5. The molecule has 0 radical (unpaired) electrons. The molecule has 0 aromatic heterocycles. The van der Waals surface area contributed by atoms with Gasteiger partial charge in [-0.1, -0.05) is 28.1 Å². The standard InChI is InChI=1S/C16H22BrNO2/c1-16(20-2)8-4-9-18(12-16)10-7-15(19)13-5-3-6-14(17)11-13/h3,5-6,11H,4,7-10,12H2,1-2H3. The molecule has 0 spiro atoms. The number of halogens is 1. The summed E-state index contributed by atoms with van der Waals surface area (Å²) >= 11 is 3.40. The Balaban J connectivity index is 1.87. The van der Waals surface area contributed by atoms with Gasteiger partial charge >= 0.3 is 0 Å². The fraction of sp³-hybridized carbons (Fsp3) is 0.562. The van der Waals surface area contributed by atoms with E-state index in [1.807, 2.05) is 24.3 Å². The fourth-order valence-corrected chi connectivity index (χ4v) is 3.13. The van der Waals surface area contributed by atoms with Gasteiger partial charge in [-0.15, -0.1) is 0 Å². The molecule has 0 amide bonds. The van der Waals surface area contributed by atoms with Crippen molar-refractivity contribution in [3.63, 3.8) is 0 Å². The zero-order valence-corrected chi connectivity index (χ0v) is 13.8. The Hall–Kier alpha value is -0.710. The molecule has 3 nitrogen and oxygen atoms in total. The zero-order chi connectivity index (χ0) is 14.6. The number of ether oxygens (including phenoxy) is 1. The van der Waals surface area contributed by atoms with Crippen molar-refractivity contribution in [2.24, 2.45) is 0 Å². The molecule has 1 saturated heterocycles. The lowest BCUT2D eigenvalue weighted by molar-refractivity contribution is -0.0503. The van der Waals surface area contributed by atoms with Gasteiger partial charge in [-0.25, -0.2) is 0 Å². The SMILES string of the molecule is COC1(C)CCCN(CCC(=O)c2cccc(Br)c2)C1. The van der Waals surface area contributed by atoms with Crippen molar-refractivity contribution in [1.29, 1.82) is 0 Å². The lowest BCUT2D eigenvalue weighted by Gasteiger charge is -2.39. The molecule has 1 aromatic carbocycles. The van der Waals surface area contributed by atoms with Gasteiger partial charge in [0.1, 0.15) is 0 Å². The molecular weight excluding hydrogens is 318 g/mol. The van der Waals surface area contributed by atoms with Crippen LogP contribution in [-0.2, 0) is 4.74 Å². The number of nitrogens with zero attached hydrogens (tertiary/aromatic N) is 1. The maximum atomic E-state index is 12.2. The van der Waals surface area contributed by atoms with Crippen molar-refractivity contribution in [1.82, 2.24) is 4.90 Å². The molecule has 1 unspecified atom stereocenters. The second-order valence-electron chi connectivity index (χ2n) is 5.72. The fourth-order valence-electron chi connectivity index (χ4n) is 2.73. The molecule has 4 heteroatoms. The minimum absolute atomic E-state index is 0.0585. The number of Topliss-reactive ketones (excluding diaryl/α,β-unsaturated/α-hetero) is 1. The lowest BCUT2D eigenvalue weighted by Crippen LogP contribution is -2.47. The van der Waals surface area contributed by atoms with Crippen LogP contribution in [0.3, 0.4) is 0 Å². The topological polar surface area (TPSA) is 29.5 Å². The van der Waals surface area contributed by atoms with Crippen molar-refractivity contribution in [2.75, 3.05) is 26.7 Å². The lowest BCUT2D eigenvalue weighted by atomic mass is 9.94. The molecule has 0 saturated carbocycles. The summed E-state index contributed by atoms with van der Waals surface area (Å²) in [6.45, 7) is 4.93. The van der Waals surface area contributed by atoms with Crippen LogP contribution >= 0.6 is 15.9 Å². The highest BCUT2D eigenvalue weighted by molar-refractivity contribution is 9.10. The van der Waals surface area contributed by atoms with Crippen LogP contribution in [0, 0.1) is 0 Å². The monoisotopic (exact) mass is 339 g/mol. The van der Waals surface area contributed by atoms with Gasteiger partial charge in [-0.05, 0) is 38.4 Å². The Morgan fingerprint density at radius 2 is 2.30 bits per heavy atom. The van der Waals surface area contributed by atoms with Gasteiger partial charge in [0.25, 0.3) is 0 Å². The van der Waals surface area contributed by atoms with Gasteiger partial charge in [0, 0.05) is 36.7 Å². The predicted octanol–water partition coefficient (Wildman–Crippen LogP) is 3.52. The van der Waals surface area contributed by atoms with Crippen LogP contribution in [0.25, 0.3) is 0 Å². The zero-order valence-electron chi connectivity index (χ0n) is 12.2. The maximum Gasteiger partial charge on any atom is 0.164 e. The molecular formula is C16H22BrNO2. The van der Waals surface area contributed by atoms with Crippen LogP contribution in [0.2, 0.25) is 0 Å². The quantitative estimate of drug-likeness (QED) is 0.768. The van der Waals surface area contributed by atoms with Crippen molar-refractivity contribution in [2.45, 2.75) is 31.8 Å². The van der Waals surface area contributed by atoms with E-state index in [0.29, 0.717) is 6.42 Å². The summed E-state index contributed by atoms with van der Waals surface area (Å²) in [6, 6.07) is 7.60. The van der Waals surface area contributed by atoms with Crippen molar-refractivity contribution in [3.8, 4) is 0 Å². The maximum absolute atomic E-state index is 12.2. The average Bonchev–Trinajstić information content (AvgIpc) is 2.45. The van der Waals surface area contributed by atoms with E-state index in [0.717, 1.165) is 42.5 Å². The first kappa shape index (κ1) is 15.7. The molecule has 0 bridgehead atoms. The van der Waals surface area contributed by atoms with Crippen LogP contribution in [0.1, 0.15) is 36.5 Å². The molecule has 0 aliphatic carbocycles. The number of methoxy groups -OCH3 is 1. The van der Waals surface area contributed by atoms with E-state index in [4.69, 9.17) is 4.74 Å². The molecule has 0 N–H and O–H groups in total. The van der Waals surface area contributed by atoms with Crippen LogP contribution < -0.4 is 0 Å². The Morgan fingerprint density at radius 3 is 3.00 bits per heavy atom. The number of ketones is 1. The highest BCUT2D eigenvalue weighted by atomic mass is 79.9. The summed E-state index contributed by atoms with van der Waals surface area (Å²) in [4.78, 5) is 14.5. The van der Waals surface area contributed by atoms with Crippen molar-refractivity contribution < 1.29 is 9.53 Å². The molecule has 1 fully saturated rings. The number of hydrogen-bond acceptors (Lipinski definition) is 3. The van der Waals surface area contributed by atoms with E-state index >= 15 is 0 Å². The highest BCUT2D eigenvalue weighted by Crippen LogP contribution is 2.24. The summed E-state index contributed by atoms with van der Waals surface area (Å²) in [6.07, 6.45) is 2.80. The second-order valence-corrected chi connectivity index (χ2v) is 6.63. The third kappa shape index (κ3) is 4.14. The van der Waals surface area contributed by atoms with Gasteiger partial charge in [-0.2, -0.15) is 0 Å². The third-order valence-corrected chi connectivity index (χ3v) is 4.53. The molecule has 20 heavy (non-hydrogen) atoms. The Labute approximate surface area is 129 Å². The van der Waals surface area contributed by atoms with Crippen LogP contribution in [-0.4, -0.2) is 43.0 Å². The van der Waals surface area contributed by atoms with E-state index in [-0.39, 0.29) is 11.4 Å². The second kappa shape index (κ2) is 6.83. The molecule has 110 valence electrons. The first-order valence-corrected chi connectivity index (χ1v) is 7.88. The number of carbonyl (C=O) groups excluding carboxylic acids is 1. The van der Waals surface area contributed by atoms with E-state index in [1.165, 1.54) is 0 Å². The van der Waals surface area contributed by atoms with Crippen LogP contribution in [0.5, 0.6) is 0 Å². The summed E-state index contributed by atoms with van der Waals surface area (Å²) in [5.41, 5.74) is 0.725. The summed E-state index contributed by atoms with van der Waals surface area (Å²) in [7, 11) is 1.77. The van der Waals surface area contributed by atoms with Gasteiger partial charge in [-0.3, -0.25) is 4.79 Å². The van der Waals surface area contributed by atoms with Gasteiger partial charge in [0.2, 0.25) is 0 Å². The number of carbonyl (C=O) groups is 1. The molecule has 1 aromatic rings. The van der Waals surface area contributed by atoms with Crippen molar-refractivity contribution in [3.05, 3.63) is 34.3 Å². The minimum atomic E-state index is -0.0585. The van der Waals surface area contributed by atoms with Gasteiger partial charge in [0.05, 0.1) is 5.60 Å². The van der Waals surface area contributed by atoms with Crippen LogP contribution in [0.15, 0.2) is 28.7 Å². The number of likely N-dealkylation sites (tertiary alicyclic amines) is 1. The van der Waals surface area contributed by atoms with Crippen molar-refractivity contribution >= 4 is 21.7 Å². The molecule has 1 heterocycles. The highest BCUT2D eigenvalue weighted by Gasteiger charge is 2.30. The average molecular weight is 340 g/mol. The minimum Gasteiger partial charge on any atom is -0.377 e. The van der Waals surface area contributed by atoms with E-state index in [9.17, 15) is 4.79 Å². The number of hydrogen-bond donors (Lipinski definition) is 0. The van der Waals surface area contributed by atoms with Gasteiger partial charge in [0.15, 0.2) is 5.78 Å². The summed E-state index contributed by atoms with van der Waals surface area (Å²) < 4.78 is 6.54. The normalized spacial score (nSPS) is 23.8. The van der Waals surface area contributed by atoms with Gasteiger partial charge < -0.3 is 9.64 Å². The first-order chi connectivity index (χ1) is 9.52. The molecule has 2 rings (SSSR count). The Bertz CT molecular complexity index is 477. The largest absolute Gasteiger partial charge is 0.377 e. The van der Waals surface area contributed by atoms with E-state index < -0.39 is 0 Å². The molecule has 1 aliphatic rings. The van der Waals surface area contributed by atoms with Crippen LogP contribution in [0.4, 0.5) is 0 Å². The Morgan fingerprint density at radius 1 is 1.50 bits per heavy atom. The van der Waals surface area contributed by atoms with E-state index in [2.05, 4.69) is 27.8 Å². The van der Waals surface area contributed by atoms with E-state index in [1.54, 1.807) is 7.11 Å². The molecule has 1 atom stereocenters. The predicted molar refractivity (Wildman–Crippen MR) is 84.2 cm³/mol. The Kier molecular flexibility index (Phi) is 5.35. The smallest absolute Gasteiger partial charge is 0.164 e. The summed E-state index contributed by atoms with van der Waals surface area (Å²) in [5, 5.41) is 0. The molecule has 1 aliphatic heterocycles.